The SMILES string of the molecule is c1cc2cc(-c3cc(-c4ccn5cccc5c4)cc(-c4ccn5cccc5c4)c3)ccn2c1.c1ccc(-c2c(-c3ccc4ccccc4c3)cn3ccc(-c4ccn5cc(-c6ccc7ccccc7c6)c(-c6ccccc6)c5c4)cc23)cc1.c1ccc(-c2cc3cc(-c4cc(-c5ccn6cc(-c7ccccc7)cc6c5)cc(-c5ccn6cc(-c7ccccc7)cc6c5)c4)ccn3c2)cc1. The van der Waals surface area contributed by atoms with Crippen molar-refractivity contribution in [1.82, 2.24) is 35.2 Å². The Morgan fingerprint density at radius 1 is 0.112 bits per heavy atom. The van der Waals surface area contributed by atoms with E-state index in [-0.39, 0.29) is 0 Å². The summed E-state index contributed by atoms with van der Waals surface area (Å²) in [6.45, 7) is 0. The van der Waals surface area contributed by atoms with E-state index in [9.17, 15) is 0 Å². The number of aromatic nitrogens is 8. The first-order valence-corrected chi connectivity index (χ1v) is 45.7. The molecule has 0 aliphatic rings. The van der Waals surface area contributed by atoms with Gasteiger partial charge in [-0.05, 0) is 339 Å². The second kappa shape index (κ2) is 33.3. The fourth-order valence-electron chi connectivity index (χ4n) is 19.8. The highest BCUT2D eigenvalue weighted by atomic mass is 14.9. The molecular formula is C126H86N8. The lowest BCUT2D eigenvalue weighted by atomic mass is 9.94. The summed E-state index contributed by atoms with van der Waals surface area (Å²) in [5.74, 6) is 0. The molecule has 0 aliphatic heterocycles. The van der Waals surface area contributed by atoms with Crippen LogP contribution in [-0.4, -0.2) is 35.2 Å². The molecule has 16 heterocycles. The van der Waals surface area contributed by atoms with Crippen LogP contribution in [0.4, 0.5) is 0 Å². The van der Waals surface area contributed by atoms with Gasteiger partial charge in [-0.1, -0.05) is 224 Å². The lowest BCUT2D eigenvalue weighted by molar-refractivity contribution is 1.19. The summed E-state index contributed by atoms with van der Waals surface area (Å²) < 4.78 is 17.6. The molecule has 0 amide bonds. The summed E-state index contributed by atoms with van der Waals surface area (Å²) in [4.78, 5) is 0. The molecule has 27 aromatic rings. The predicted octanol–water partition coefficient (Wildman–Crippen LogP) is 32.7. The van der Waals surface area contributed by atoms with Crippen molar-refractivity contribution in [2.24, 2.45) is 0 Å². The second-order valence-corrected chi connectivity index (χ2v) is 35.0. The van der Waals surface area contributed by atoms with E-state index in [2.05, 4.69) is 559 Å². The van der Waals surface area contributed by atoms with E-state index >= 15 is 0 Å². The van der Waals surface area contributed by atoms with Crippen LogP contribution in [0.15, 0.2) is 524 Å². The Bertz CT molecular complexity index is 8380. The minimum atomic E-state index is 1.17. The van der Waals surface area contributed by atoms with Crippen molar-refractivity contribution in [2.45, 2.75) is 0 Å². The average Bonchev–Trinajstić information content (AvgIpc) is 1.59. The van der Waals surface area contributed by atoms with Crippen LogP contribution < -0.4 is 0 Å². The maximum atomic E-state index is 2.36. The zero-order valence-electron chi connectivity index (χ0n) is 73.2. The highest BCUT2D eigenvalue weighted by Crippen LogP contribution is 2.45. The van der Waals surface area contributed by atoms with Gasteiger partial charge in [0.1, 0.15) is 0 Å². The molecule has 0 fully saturated rings. The summed E-state index contributed by atoms with van der Waals surface area (Å²) in [5, 5.41) is 5.00. The molecule has 16 aromatic heterocycles. The molecule has 0 aliphatic carbocycles. The fraction of sp³-hybridized carbons (Fsp3) is 0. The van der Waals surface area contributed by atoms with Gasteiger partial charge in [-0.15, -0.1) is 0 Å². The predicted molar refractivity (Wildman–Crippen MR) is 558 cm³/mol. The Hall–Kier alpha value is -18.0. The number of rotatable bonds is 14. The van der Waals surface area contributed by atoms with E-state index in [1.807, 2.05) is 0 Å². The third kappa shape index (κ3) is 15.0. The number of nitrogens with zero attached hydrogens (tertiary/aromatic N) is 8. The van der Waals surface area contributed by atoms with Crippen LogP contribution in [0.2, 0.25) is 0 Å². The van der Waals surface area contributed by atoms with Crippen LogP contribution in [0, 0.1) is 0 Å². The zero-order valence-corrected chi connectivity index (χ0v) is 73.2. The summed E-state index contributed by atoms with van der Waals surface area (Å²) in [6, 6.07) is 154. The largest absolute Gasteiger partial charge is 0.324 e. The van der Waals surface area contributed by atoms with E-state index in [4.69, 9.17) is 0 Å². The Morgan fingerprint density at radius 3 is 0.664 bits per heavy atom. The average molecular weight is 1710 g/mol. The summed E-state index contributed by atoms with van der Waals surface area (Å²) in [6.07, 6.45) is 34.8. The van der Waals surface area contributed by atoms with Crippen molar-refractivity contribution in [1.29, 1.82) is 0 Å². The van der Waals surface area contributed by atoms with Crippen molar-refractivity contribution in [3.8, 4) is 156 Å². The van der Waals surface area contributed by atoms with Crippen molar-refractivity contribution < 1.29 is 0 Å². The molecule has 0 atom stereocenters. The van der Waals surface area contributed by atoms with Gasteiger partial charge in [0.2, 0.25) is 0 Å². The van der Waals surface area contributed by atoms with Gasteiger partial charge in [-0.2, -0.15) is 0 Å². The standard InChI is InChI=1S/C48H33N3.C48H32N2.C30H21N3/c1-4-10-34(11-5-1)43-28-46-25-37(16-19-49(46)31-43)40-22-41(38-17-20-50-32-44(29-47(50)26-38)35-12-6-2-7-13-35)24-42(23-40)39-18-21-51-33-45(30-48(51)27-39)36-14-8-3-9-15-36;1-3-13-35(14-4-1)47-43(41-21-19-33-11-7-9-17-37(33)27-41)31-49-25-23-39(29-45(47)49)40-24-26-50-32-44(42-22-20-34-12-8-10-18-38(34)28-42)48(46(50)30-40)36-15-5-2-6-16-36;1-4-28-19-22(7-13-31(28)10-1)25-16-26(23-8-14-32-11-2-5-29(32)20-23)18-27(17-25)24-9-15-33-12-3-6-30(33)21-24/h1-33H;1-32H;1-21H. The van der Waals surface area contributed by atoms with E-state index < -0.39 is 0 Å². The lowest BCUT2D eigenvalue weighted by Gasteiger charge is -2.12. The molecule has 0 spiro atoms. The molecule has 8 heteroatoms. The van der Waals surface area contributed by atoms with E-state index in [1.54, 1.807) is 0 Å². The Morgan fingerprint density at radius 2 is 0.358 bits per heavy atom. The molecule has 630 valence electrons. The van der Waals surface area contributed by atoms with Gasteiger partial charge in [-0.3, -0.25) is 0 Å². The van der Waals surface area contributed by atoms with Crippen LogP contribution >= 0.6 is 0 Å². The molecule has 0 radical (unpaired) electrons. The highest BCUT2D eigenvalue weighted by Gasteiger charge is 2.22. The first kappa shape index (κ1) is 78.3. The summed E-state index contributed by atoms with van der Waals surface area (Å²) in [7, 11) is 0. The van der Waals surface area contributed by atoms with Crippen molar-refractivity contribution >= 4 is 65.7 Å². The van der Waals surface area contributed by atoms with Crippen LogP contribution in [0.1, 0.15) is 0 Å². The molecule has 0 saturated carbocycles. The Kier molecular flexibility index (Phi) is 19.4. The molecule has 8 nitrogen and oxygen atoms in total. The molecule has 134 heavy (non-hydrogen) atoms. The van der Waals surface area contributed by atoms with Crippen molar-refractivity contribution in [3.63, 3.8) is 0 Å². The van der Waals surface area contributed by atoms with E-state index in [0.717, 1.165) is 0 Å². The monoisotopic (exact) mass is 1710 g/mol. The van der Waals surface area contributed by atoms with Crippen LogP contribution in [0.25, 0.3) is 221 Å². The van der Waals surface area contributed by atoms with Gasteiger partial charge in [0.05, 0.1) is 11.0 Å². The van der Waals surface area contributed by atoms with Gasteiger partial charge >= 0.3 is 0 Å². The minimum Gasteiger partial charge on any atom is -0.324 e. The summed E-state index contributed by atoms with van der Waals surface area (Å²) in [5.41, 5.74) is 43.4. The van der Waals surface area contributed by atoms with Gasteiger partial charge in [0.25, 0.3) is 0 Å². The Balaban J connectivity index is 0.000000110. The number of benzene rings is 11. The van der Waals surface area contributed by atoms with Crippen LogP contribution in [0.5, 0.6) is 0 Å². The molecule has 0 saturated heterocycles. The molecule has 0 unspecified atom stereocenters. The van der Waals surface area contributed by atoms with Crippen molar-refractivity contribution in [3.05, 3.63) is 524 Å². The minimum absolute atomic E-state index is 1.17. The van der Waals surface area contributed by atoms with Gasteiger partial charge < -0.3 is 35.2 Å². The first-order chi connectivity index (χ1) is 66.3. The van der Waals surface area contributed by atoms with Gasteiger partial charge in [-0.25, -0.2) is 0 Å². The normalized spacial score (nSPS) is 11.6. The number of hydrogen-bond donors (Lipinski definition) is 0. The Labute approximate surface area is 775 Å². The molecule has 27 rings (SSSR count). The van der Waals surface area contributed by atoms with E-state index in [0.29, 0.717) is 0 Å². The topological polar surface area (TPSA) is 35.3 Å². The van der Waals surface area contributed by atoms with Crippen molar-refractivity contribution in [2.75, 3.05) is 0 Å². The number of hydrogen-bond acceptors (Lipinski definition) is 0. The summed E-state index contributed by atoms with van der Waals surface area (Å²) >= 11 is 0. The quantitative estimate of drug-likeness (QED) is 0.104. The highest BCUT2D eigenvalue weighted by molar-refractivity contribution is 6.02. The van der Waals surface area contributed by atoms with Gasteiger partial charge in [0.15, 0.2) is 0 Å². The maximum absolute atomic E-state index is 2.36. The molecule has 0 N–H and O–H groups in total. The maximum Gasteiger partial charge on any atom is 0.0541 e. The van der Waals surface area contributed by atoms with Gasteiger partial charge in [0, 0.05) is 171 Å². The number of fused-ring (bicyclic) bond motifs is 10. The molecular weight excluding hydrogens is 1630 g/mol. The smallest absolute Gasteiger partial charge is 0.0541 e. The lowest BCUT2D eigenvalue weighted by Crippen LogP contribution is -1.90. The zero-order chi connectivity index (χ0) is 88.5. The molecule has 0 bridgehead atoms. The van der Waals surface area contributed by atoms with E-state index in [1.165, 1.54) is 221 Å². The number of pyridine rings is 8. The third-order valence-electron chi connectivity index (χ3n) is 26.7. The van der Waals surface area contributed by atoms with Crippen LogP contribution in [-0.2, 0) is 0 Å². The molecule has 11 aromatic carbocycles. The third-order valence-corrected chi connectivity index (χ3v) is 26.7. The van der Waals surface area contributed by atoms with Crippen LogP contribution in [0.3, 0.4) is 0 Å². The fourth-order valence-corrected chi connectivity index (χ4v) is 19.8. The second-order valence-electron chi connectivity index (χ2n) is 35.0. The first-order valence-electron chi connectivity index (χ1n) is 45.7.